The molecule has 0 unspecified atom stereocenters. The summed E-state index contributed by atoms with van der Waals surface area (Å²) in [5.41, 5.74) is 8.79. The zero-order chi connectivity index (χ0) is 15.2. The van der Waals surface area contributed by atoms with Gasteiger partial charge in [-0.3, -0.25) is 4.79 Å². The summed E-state index contributed by atoms with van der Waals surface area (Å²) in [7, 11) is 0. The molecule has 5 nitrogen and oxygen atoms in total. The van der Waals surface area contributed by atoms with Crippen LogP contribution in [0.4, 0.5) is 5.69 Å². The van der Waals surface area contributed by atoms with Crippen LogP contribution in [0.25, 0.3) is 6.08 Å². The second kappa shape index (κ2) is 6.67. The largest absolute Gasteiger partial charge is 0.480 e. The number of carboxylic acid groups (broad SMARTS) is 1. The Hall–Kier alpha value is -2.66. The van der Waals surface area contributed by atoms with E-state index < -0.39 is 12.0 Å². The molecule has 2 rings (SSSR count). The number of allylic oxidation sites excluding steroid dienone is 5. The first-order valence-electron chi connectivity index (χ1n) is 6.53. The van der Waals surface area contributed by atoms with E-state index >= 15 is 0 Å². The van der Waals surface area contributed by atoms with Gasteiger partial charge in [-0.2, -0.15) is 0 Å². The van der Waals surface area contributed by atoms with Gasteiger partial charge in [-0.15, -0.1) is 0 Å². The molecule has 21 heavy (non-hydrogen) atoms. The number of benzene rings is 1. The maximum absolute atomic E-state index is 10.6. The average molecular weight is 283 g/mol. The molecule has 1 aliphatic rings. The summed E-state index contributed by atoms with van der Waals surface area (Å²) in [5, 5.41) is 19.1. The van der Waals surface area contributed by atoms with Crippen molar-refractivity contribution >= 4 is 23.4 Å². The fraction of sp³-hybridized carbons (Fsp3) is 0.125. The number of hydrogen-bond donors (Lipinski definition) is 4. The fourth-order valence-electron chi connectivity index (χ4n) is 1.78. The quantitative estimate of drug-likeness (QED) is 0.664. The Bertz CT molecular complexity index is 609. The number of hydrogen-bond acceptors (Lipinski definition) is 4. The van der Waals surface area contributed by atoms with E-state index in [1.165, 1.54) is 0 Å². The monoisotopic (exact) mass is 283 g/mol. The van der Waals surface area contributed by atoms with Gasteiger partial charge in [-0.1, -0.05) is 24.3 Å². The van der Waals surface area contributed by atoms with E-state index in [9.17, 15) is 4.79 Å². The molecule has 0 radical (unpaired) electrons. The van der Waals surface area contributed by atoms with Gasteiger partial charge in [0.05, 0.1) is 5.71 Å². The number of anilines is 1. The molecule has 1 aromatic carbocycles. The van der Waals surface area contributed by atoms with Gasteiger partial charge in [0.2, 0.25) is 0 Å². The van der Waals surface area contributed by atoms with Gasteiger partial charge in [0, 0.05) is 12.2 Å². The summed E-state index contributed by atoms with van der Waals surface area (Å²) in [6, 6.07) is 6.70. The highest BCUT2D eigenvalue weighted by Gasteiger charge is 2.10. The topological polar surface area (TPSA) is 99.2 Å². The standard InChI is InChI=1S/C16H17N3O2/c17-13-5-1-11(2-6-13)9-12-3-7-14(8-4-12)19-10-15(18)16(20)21/h1-9,15,17,19H,10,18H2,(H,20,21)/t15-/m0/s1. The lowest BCUT2D eigenvalue weighted by atomic mass is 10.1. The van der Waals surface area contributed by atoms with Crippen LogP contribution in [0.15, 0.2) is 54.1 Å². The maximum Gasteiger partial charge on any atom is 0.322 e. The summed E-state index contributed by atoms with van der Waals surface area (Å²) in [6.07, 6.45) is 9.27. The third-order valence-corrected chi connectivity index (χ3v) is 3.00. The summed E-state index contributed by atoms with van der Waals surface area (Å²) in [5.74, 6) is -1.02. The minimum atomic E-state index is -1.02. The zero-order valence-corrected chi connectivity index (χ0v) is 11.4. The van der Waals surface area contributed by atoms with Crippen LogP contribution in [0, 0.1) is 5.41 Å². The van der Waals surface area contributed by atoms with Gasteiger partial charge in [-0.25, -0.2) is 0 Å². The first-order valence-corrected chi connectivity index (χ1v) is 6.53. The first-order chi connectivity index (χ1) is 10.0. The van der Waals surface area contributed by atoms with Gasteiger partial charge in [0.15, 0.2) is 0 Å². The highest BCUT2D eigenvalue weighted by Crippen LogP contribution is 2.15. The van der Waals surface area contributed by atoms with Crippen molar-refractivity contribution in [3.8, 4) is 0 Å². The molecule has 5 N–H and O–H groups in total. The third kappa shape index (κ3) is 4.43. The lowest BCUT2D eigenvalue weighted by Crippen LogP contribution is -2.36. The third-order valence-electron chi connectivity index (χ3n) is 3.00. The lowest BCUT2D eigenvalue weighted by Gasteiger charge is -2.10. The second-order valence-electron chi connectivity index (χ2n) is 4.71. The van der Waals surface area contributed by atoms with Crippen LogP contribution in [-0.2, 0) is 4.79 Å². The molecule has 0 bridgehead atoms. The molecule has 0 fully saturated rings. The van der Waals surface area contributed by atoms with Crippen LogP contribution in [0.1, 0.15) is 5.56 Å². The average Bonchev–Trinajstić information content (AvgIpc) is 2.48. The van der Waals surface area contributed by atoms with E-state index in [2.05, 4.69) is 5.32 Å². The maximum atomic E-state index is 10.6. The van der Waals surface area contributed by atoms with Crippen molar-refractivity contribution in [1.82, 2.24) is 0 Å². The molecule has 0 heterocycles. The molecule has 108 valence electrons. The van der Waals surface area contributed by atoms with Crippen LogP contribution in [0.3, 0.4) is 0 Å². The van der Waals surface area contributed by atoms with Gasteiger partial charge in [0.1, 0.15) is 6.04 Å². The van der Waals surface area contributed by atoms with Gasteiger partial charge in [-0.05, 0) is 41.5 Å². The molecule has 1 aliphatic carbocycles. The summed E-state index contributed by atoms with van der Waals surface area (Å²) < 4.78 is 0. The molecule has 0 spiro atoms. The van der Waals surface area contributed by atoms with Crippen molar-refractivity contribution in [2.75, 3.05) is 11.9 Å². The van der Waals surface area contributed by atoms with E-state index in [1.54, 1.807) is 12.2 Å². The molecule has 0 saturated carbocycles. The van der Waals surface area contributed by atoms with Crippen molar-refractivity contribution < 1.29 is 9.90 Å². The predicted octanol–water partition coefficient (Wildman–Crippen LogP) is 2.04. The fourth-order valence-corrected chi connectivity index (χ4v) is 1.78. The van der Waals surface area contributed by atoms with Crippen LogP contribution in [-0.4, -0.2) is 29.4 Å². The molecule has 0 aromatic heterocycles. The van der Waals surface area contributed by atoms with Crippen LogP contribution >= 0.6 is 0 Å². The summed E-state index contributed by atoms with van der Waals surface area (Å²) in [4.78, 5) is 10.6. The van der Waals surface area contributed by atoms with Crippen molar-refractivity contribution in [2.45, 2.75) is 6.04 Å². The summed E-state index contributed by atoms with van der Waals surface area (Å²) >= 11 is 0. The molecule has 0 aliphatic heterocycles. The molecule has 0 saturated heterocycles. The number of nitrogens with one attached hydrogen (secondary N) is 2. The zero-order valence-electron chi connectivity index (χ0n) is 11.4. The first kappa shape index (κ1) is 14.7. The Kier molecular flexibility index (Phi) is 4.68. The molecule has 1 aromatic rings. The SMILES string of the molecule is N=C1C=CC(=Cc2ccc(NC[C@H](N)C(=O)O)cc2)C=C1. The Morgan fingerprint density at radius 2 is 1.86 bits per heavy atom. The number of nitrogens with two attached hydrogens (primary N) is 1. The number of aliphatic carboxylic acids is 1. The van der Waals surface area contributed by atoms with Crippen molar-refractivity contribution in [1.29, 1.82) is 5.41 Å². The van der Waals surface area contributed by atoms with Gasteiger partial charge < -0.3 is 21.6 Å². The van der Waals surface area contributed by atoms with Crippen molar-refractivity contribution in [3.05, 3.63) is 59.7 Å². The van der Waals surface area contributed by atoms with E-state index in [0.717, 1.165) is 16.8 Å². The van der Waals surface area contributed by atoms with Gasteiger partial charge >= 0.3 is 5.97 Å². The summed E-state index contributed by atoms with van der Waals surface area (Å²) in [6.45, 7) is 0.184. The Morgan fingerprint density at radius 3 is 2.43 bits per heavy atom. The second-order valence-corrected chi connectivity index (χ2v) is 4.71. The molecule has 5 heteroatoms. The smallest absolute Gasteiger partial charge is 0.322 e. The van der Waals surface area contributed by atoms with E-state index in [-0.39, 0.29) is 6.54 Å². The number of carboxylic acids is 1. The highest BCUT2D eigenvalue weighted by atomic mass is 16.4. The van der Waals surface area contributed by atoms with Crippen LogP contribution in [0.5, 0.6) is 0 Å². The normalized spacial score (nSPS) is 14.9. The van der Waals surface area contributed by atoms with E-state index in [1.807, 2.05) is 42.5 Å². The number of rotatable bonds is 5. The molecule has 1 atom stereocenters. The molecular formula is C16H17N3O2. The van der Waals surface area contributed by atoms with Crippen LogP contribution in [0.2, 0.25) is 0 Å². The van der Waals surface area contributed by atoms with Crippen LogP contribution < -0.4 is 11.1 Å². The molecular weight excluding hydrogens is 266 g/mol. The van der Waals surface area contributed by atoms with Gasteiger partial charge in [0.25, 0.3) is 0 Å². The Balaban J connectivity index is 1.98. The van der Waals surface area contributed by atoms with Crippen molar-refractivity contribution in [2.24, 2.45) is 5.73 Å². The van der Waals surface area contributed by atoms with E-state index in [4.69, 9.17) is 16.2 Å². The van der Waals surface area contributed by atoms with E-state index in [0.29, 0.717) is 5.71 Å². The number of carbonyl (C=O) groups is 1. The highest BCUT2D eigenvalue weighted by molar-refractivity contribution is 6.04. The minimum Gasteiger partial charge on any atom is -0.480 e. The minimum absolute atomic E-state index is 0.184. The molecule has 0 amide bonds. The Morgan fingerprint density at radius 1 is 1.24 bits per heavy atom. The Labute approximate surface area is 123 Å². The predicted molar refractivity (Wildman–Crippen MR) is 84.5 cm³/mol. The van der Waals surface area contributed by atoms with Crippen molar-refractivity contribution in [3.63, 3.8) is 0 Å². The lowest BCUT2D eigenvalue weighted by molar-refractivity contribution is -0.138.